The Morgan fingerprint density at radius 3 is 2.13 bits per heavy atom. The first-order valence-electron chi connectivity index (χ1n) is 20.3. The molecule has 302 valence electrons. The van der Waals surface area contributed by atoms with Crippen LogP contribution in [-0.4, -0.2) is 91.6 Å². The van der Waals surface area contributed by atoms with Crippen LogP contribution < -0.4 is 0 Å². The molecule has 0 aromatic carbocycles. The number of hydrogen-bond acceptors (Lipinski definition) is 13. The fourth-order valence-corrected chi connectivity index (χ4v) is 12.5. The molecule has 4 aliphatic carbocycles. The molecule has 0 N–H and O–H groups in total. The fourth-order valence-electron chi connectivity index (χ4n) is 12.5. The highest BCUT2D eigenvalue weighted by Gasteiger charge is 2.72. The second-order valence-corrected chi connectivity index (χ2v) is 18.1. The molecule has 13 heteroatoms. The first-order valence-corrected chi connectivity index (χ1v) is 20.3. The molecule has 7 rings (SSSR count). The molecule has 0 amide bonds. The van der Waals surface area contributed by atoms with Crippen molar-refractivity contribution in [3.63, 3.8) is 0 Å². The second kappa shape index (κ2) is 14.7. The van der Waals surface area contributed by atoms with Crippen LogP contribution in [0.3, 0.4) is 0 Å². The molecule has 3 aliphatic heterocycles. The summed E-state index contributed by atoms with van der Waals surface area (Å²) in [6.45, 7) is 14.4. The Balaban J connectivity index is 1.07. The molecule has 3 heterocycles. The van der Waals surface area contributed by atoms with E-state index in [2.05, 4.69) is 27.7 Å². The Bertz CT molecular complexity index is 1490. The van der Waals surface area contributed by atoms with Gasteiger partial charge in [0.2, 0.25) is 0 Å². The molecular weight excluding hydrogens is 700 g/mol. The lowest BCUT2D eigenvalue weighted by Crippen LogP contribution is -2.63. The Morgan fingerprint density at radius 2 is 1.48 bits per heavy atom. The summed E-state index contributed by atoms with van der Waals surface area (Å²) in [5.74, 6) is -0.649. The minimum absolute atomic E-state index is 0.0438. The maximum atomic E-state index is 14.6. The highest BCUT2D eigenvalue weighted by atomic mass is 16.7. The van der Waals surface area contributed by atoms with E-state index in [9.17, 15) is 24.0 Å². The zero-order valence-corrected chi connectivity index (χ0v) is 33.2. The summed E-state index contributed by atoms with van der Waals surface area (Å²) in [5, 5.41) is 0. The van der Waals surface area contributed by atoms with Gasteiger partial charge in [0.05, 0.1) is 18.8 Å². The number of esters is 4. The maximum Gasteiger partial charge on any atom is 0.303 e. The van der Waals surface area contributed by atoms with Crippen molar-refractivity contribution in [2.24, 2.45) is 52.3 Å². The summed E-state index contributed by atoms with van der Waals surface area (Å²) >= 11 is 0. The molecular formula is C41H60O13. The number of ether oxygens (including phenoxy) is 8. The number of hydrogen-bond donors (Lipinski definition) is 0. The highest BCUT2D eigenvalue weighted by molar-refractivity contribution is 5.87. The Hall–Kier alpha value is -2.61. The topological polar surface area (TPSA) is 159 Å². The summed E-state index contributed by atoms with van der Waals surface area (Å²) in [6.07, 6.45) is 1.48. The molecule has 7 aliphatic rings. The van der Waals surface area contributed by atoms with Crippen molar-refractivity contribution in [3.8, 4) is 0 Å². The van der Waals surface area contributed by atoms with E-state index in [-0.39, 0.29) is 53.8 Å². The summed E-state index contributed by atoms with van der Waals surface area (Å²) in [4.78, 5) is 63.2. The largest absolute Gasteiger partial charge is 0.463 e. The van der Waals surface area contributed by atoms with E-state index in [1.54, 1.807) is 0 Å². The number of rotatable bonds is 7. The average Bonchev–Trinajstić information content (AvgIpc) is 3.54. The number of Topliss-reactive ketones (excluding diaryl/α,β-unsaturated/α-hetero) is 1. The zero-order valence-electron chi connectivity index (χ0n) is 33.2. The normalized spacial score (nSPS) is 48.1. The van der Waals surface area contributed by atoms with E-state index in [4.69, 9.17) is 37.9 Å². The molecule has 3 saturated heterocycles. The van der Waals surface area contributed by atoms with Gasteiger partial charge in [-0.3, -0.25) is 24.0 Å². The first-order chi connectivity index (χ1) is 25.5. The third-order valence-electron chi connectivity index (χ3n) is 15.0. The predicted octanol–water partition coefficient (Wildman–Crippen LogP) is 5.08. The van der Waals surface area contributed by atoms with Crippen LogP contribution in [0.25, 0.3) is 0 Å². The van der Waals surface area contributed by atoms with Gasteiger partial charge >= 0.3 is 23.9 Å². The van der Waals surface area contributed by atoms with Crippen molar-refractivity contribution < 1.29 is 61.9 Å². The van der Waals surface area contributed by atoms with Crippen molar-refractivity contribution in [1.82, 2.24) is 0 Å². The summed E-state index contributed by atoms with van der Waals surface area (Å²) in [6, 6.07) is 0. The number of fused-ring (bicyclic) bond motifs is 7. The van der Waals surface area contributed by atoms with Gasteiger partial charge in [0.15, 0.2) is 30.4 Å². The number of carbonyl (C=O) groups excluding carboxylic acids is 5. The van der Waals surface area contributed by atoms with E-state index >= 15 is 0 Å². The van der Waals surface area contributed by atoms with Crippen LogP contribution in [0.5, 0.6) is 0 Å². The molecule has 17 atom stereocenters. The second-order valence-electron chi connectivity index (χ2n) is 18.1. The van der Waals surface area contributed by atoms with Crippen LogP contribution in [0.2, 0.25) is 0 Å². The van der Waals surface area contributed by atoms with Gasteiger partial charge in [0.1, 0.15) is 18.5 Å². The molecule has 0 aromatic heterocycles. The van der Waals surface area contributed by atoms with Crippen molar-refractivity contribution in [3.05, 3.63) is 0 Å². The standard InChI is InChI=1S/C41H60O13/c1-20-11-14-41(48-18-20)21(2)34-31(54-41)16-30-28-10-9-26-15-27(12-13-39(26,7)29(28)17-33(46)40(30,34)8)52-38-37(51-25(6)45)36(50-24(5)44)35(49-23(4)43)32(53-38)19-47-22(3)42/h20-21,26-32,34-38H,9-19H2,1-8H3/t20-,21+,26+,27+,28-,29+,30+,31+,32-,34+,35-,36+,37-,38-,39+,40-,41-/m1/s1. The molecule has 0 bridgehead atoms. The van der Waals surface area contributed by atoms with Gasteiger partial charge in [0.25, 0.3) is 0 Å². The van der Waals surface area contributed by atoms with Gasteiger partial charge < -0.3 is 37.9 Å². The van der Waals surface area contributed by atoms with E-state index in [0.29, 0.717) is 43.5 Å². The third kappa shape index (κ3) is 6.80. The quantitative estimate of drug-likeness (QED) is 0.192. The Kier molecular flexibility index (Phi) is 10.8. The predicted molar refractivity (Wildman–Crippen MR) is 189 cm³/mol. The van der Waals surface area contributed by atoms with Crippen molar-refractivity contribution in [2.75, 3.05) is 13.2 Å². The minimum Gasteiger partial charge on any atom is -0.463 e. The van der Waals surface area contributed by atoms with E-state index in [0.717, 1.165) is 38.5 Å². The molecule has 13 nitrogen and oxygen atoms in total. The van der Waals surface area contributed by atoms with Crippen LogP contribution in [0.1, 0.15) is 113 Å². The summed E-state index contributed by atoms with van der Waals surface area (Å²) in [7, 11) is 0. The fraction of sp³-hybridized carbons (Fsp3) is 0.878. The van der Waals surface area contributed by atoms with Crippen LogP contribution in [0.15, 0.2) is 0 Å². The SMILES string of the molecule is CC(=O)OC[C@H]1O[C@@H](O[C@H]2CC[C@@]3(C)[C@@H](CC[C@@H]4[C@@H]3CC(=O)[C@]3(C)[C@@H]5[C@H](C[C@@H]43)O[C@]3(CC[C@@H](C)CO3)[C@H]5C)C2)[C@H](OC(C)=O)[C@@H](OC(C)=O)[C@@H]1OC(C)=O. The summed E-state index contributed by atoms with van der Waals surface area (Å²) in [5.41, 5.74) is -0.477. The van der Waals surface area contributed by atoms with Crippen LogP contribution in [0.4, 0.5) is 0 Å². The monoisotopic (exact) mass is 760 g/mol. The van der Waals surface area contributed by atoms with E-state index in [1.807, 2.05) is 0 Å². The molecule has 4 saturated carbocycles. The Morgan fingerprint density at radius 1 is 0.796 bits per heavy atom. The number of carbonyl (C=O) groups is 5. The maximum absolute atomic E-state index is 14.6. The van der Waals surface area contributed by atoms with E-state index < -0.39 is 65.8 Å². The molecule has 0 unspecified atom stereocenters. The smallest absolute Gasteiger partial charge is 0.303 e. The minimum atomic E-state index is -1.28. The van der Waals surface area contributed by atoms with Gasteiger partial charge in [-0.1, -0.05) is 27.7 Å². The lowest BCUT2D eigenvalue weighted by molar-refractivity contribution is -0.321. The molecule has 0 aromatic rings. The molecule has 1 spiro atoms. The lowest BCUT2D eigenvalue weighted by atomic mass is 9.44. The third-order valence-corrected chi connectivity index (χ3v) is 15.0. The van der Waals surface area contributed by atoms with Crippen LogP contribution in [0, 0.1) is 52.3 Å². The van der Waals surface area contributed by atoms with Crippen molar-refractivity contribution in [2.45, 2.75) is 162 Å². The first kappa shape index (κ1) is 39.6. The number of ketones is 1. The summed E-state index contributed by atoms with van der Waals surface area (Å²) < 4.78 is 48.3. The zero-order chi connectivity index (χ0) is 38.9. The van der Waals surface area contributed by atoms with Crippen LogP contribution >= 0.6 is 0 Å². The van der Waals surface area contributed by atoms with E-state index in [1.165, 1.54) is 27.7 Å². The lowest BCUT2D eigenvalue weighted by Gasteiger charge is -2.60. The van der Waals surface area contributed by atoms with Gasteiger partial charge in [-0.25, -0.2) is 0 Å². The van der Waals surface area contributed by atoms with Gasteiger partial charge in [-0.2, -0.15) is 0 Å². The van der Waals surface area contributed by atoms with Gasteiger partial charge in [-0.05, 0) is 80.0 Å². The van der Waals surface area contributed by atoms with Crippen molar-refractivity contribution in [1.29, 1.82) is 0 Å². The van der Waals surface area contributed by atoms with Gasteiger partial charge in [0, 0.05) is 57.8 Å². The van der Waals surface area contributed by atoms with Gasteiger partial charge in [-0.15, -0.1) is 0 Å². The molecule has 0 radical (unpaired) electrons. The van der Waals surface area contributed by atoms with Crippen molar-refractivity contribution >= 4 is 29.7 Å². The van der Waals surface area contributed by atoms with Crippen LogP contribution in [-0.2, 0) is 61.9 Å². The Labute approximate surface area is 318 Å². The molecule has 7 fully saturated rings. The highest BCUT2D eigenvalue weighted by Crippen LogP contribution is 2.70. The molecule has 54 heavy (non-hydrogen) atoms. The average molecular weight is 761 g/mol.